The molecular formula is C22H24N2O4. The summed E-state index contributed by atoms with van der Waals surface area (Å²) in [6.45, 7) is 1.20. The number of fused-ring (bicyclic) bond motifs is 1. The minimum absolute atomic E-state index is 0.0683. The molecule has 2 aromatic carbocycles. The van der Waals surface area contributed by atoms with E-state index in [-0.39, 0.29) is 17.4 Å². The molecule has 6 heteroatoms. The Bertz CT molecular complexity index is 861. The smallest absolute Gasteiger partial charge is 0.335 e. The molecule has 1 heterocycles. The van der Waals surface area contributed by atoms with E-state index in [4.69, 9.17) is 5.11 Å². The van der Waals surface area contributed by atoms with Gasteiger partial charge in [0.2, 0.25) is 11.8 Å². The monoisotopic (exact) mass is 380 g/mol. The van der Waals surface area contributed by atoms with E-state index in [1.165, 1.54) is 17.7 Å². The van der Waals surface area contributed by atoms with Gasteiger partial charge in [-0.2, -0.15) is 0 Å². The zero-order valence-corrected chi connectivity index (χ0v) is 15.7. The van der Waals surface area contributed by atoms with Gasteiger partial charge >= 0.3 is 5.97 Å². The van der Waals surface area contributed by atoms with Crippen LogP contribution in [0.15, 0.2) is 48.5 Å². The van der Waals surface area contributed by atoms with E-state index < -0.39 is 5.97 Å². The summed E-state index contributed by atoms with van der Waals surface area (Å²) in [5.41, 5.74) is 3.37. The fourth-order valence-electron chi connectivity index (χ4n) is 3.36. The van der Waals surface area contributed by atoms with E-state index in [9.17, 15) is 14.4 Å². The van der Waals surface area contributed by atoms with E-state index in [1.807, 2.05) is 23.1 Å². The van der Waals surface area contributed by atoms with Gasteiger partial charge in [0.05, 0.1) is 5.56 Å². The van der Waals surface area contributed by atoms with Gasteiger partial charge in [-0.05, 0) is 48.6 Å². The molecular weight excluding hydrogens is 356 g/mol. The molecule has 0 bridgehead atoms. The molecule has 0 spiro atoms. The summed E-state index contributed by atoms with van der Waals surface area (Å²) in [6, 6.07) is 14.5. The molecule has 3 rings (SSSR count). The second-order valence-corrected chi connectivity index (χ2v) is 6.88. The van der Waals surface area contributed by atoms with Crippen molar-refractivity contribution in [2.24, 2.45) is 0 Å². The van der Waals surface area contributed by atoms with E-state index in [2.05, 4.69) is 11.4 Å². The van der Waals surface area contributed by atoms with E-state index >= 15 is 0 Å². The molecule has 0 aromatic heterocycles. The maximum Gasteiger partial charge on any atom is 0.335 e. The molecule has 0 atom stereocenters. The number of amides is 2. The highest BCUT2D eigenvalue weighted by Crippen LogP contribution is 2.27. The number of nitrogens with zero attached hydrogens (tertiary/aromatic N) is 1. The molecule has 6 nitrogen and oxygen atoms in total. The molecule has 0 unspecified atom stereocenters. The van der Waals surface area contributed by atoms with Crippen LogP contribution < -0.4 is 10.2 Å². The van der Waals surface area contributed by atoms with Gasteiger partial charge < -0.3 is 15.3 Å². The number of nitrogens with one attached hydrogen (secondary N) is 1. The lowest BCUT2D eigenvalue weighted by atomic mass is 10.1. The van der Waals surface area contributed by atoms with Gasteiger partial charge in [0, 0.05) is 31.6 Å². The average Bonchev–Trinajstić information content (AvgIpc) is 3.14. The lowest BCUT2D eigenvalue weighted by Gasteiger charge is -2.17. The lowest BCUT2D eigenvalue weighted by Crippen LogP contribution is -2.30. The summed E-state index contributed by atoms with van der Waals surface area (Å²) in [5, 5.41) is 11.7. The normalized spacial score (nSPS) is 12.5. The van der Waals surface area contributed by atoms with Crippen LogP contribution in [-0.2, 0) is 22.4 Å². The fraction of sp³-hybridized carbons (Fsp3) is 0.318. The number of rotatable bonds is 8. The zero-order chi connectivity index (χ0) is 19.9. The van der Waals surface area contributed by atoms with Gasteiger partial charge in [0.25, 0.3) is 0 Å². The number of hydrogen-bond donors (Lipinski definition) is 2. The molecule has 0 saturated heterocycles. The number of hydrogen-bond acceptors (Lipinski definition) is 3. The first-order valence-corrected chi connectivity index (χ1v) is 9.52. The molecule has 2 amide bonds. The predicted molar refractivity (Wildman–Crippen MR) is 106 cm³/mol. The Hall–Kier alpha value is -3.15. The van der Waals surface area contributed by atoms with Crippen molar-refractivity contribution < 1.29 is 19.5 Å². The molecule has 0 radical (unpaired) electrons. The molecule has 146 valence electrons. The van der Waals surface area contributed by atoms with Crippen molar-refractivity contribution in [1.82, 2.24) is 5.32 Å². The Labute approximate surface area is 164 Å². The Kier molecular flexibility index (Phi) is 6.42. The van der Waals surface area contributed by atoms with Crippen molar-refractivity contribution in [1.29, 1.82) is 0 Å². The van der Waals surface area contributed by atoms with E-state index in [0.29, 0.717) is 32.2 Å². The summed E-state index contributed by atoms with van der Waals surface area (Å²) >= 11 is 0. The Morgan fingerprint density at radius 2 is 1.75 bits per heavy atom. The van der Waals surface area contributed by atoms with Crippen LogP contribution in [0.5, 0.6) is 0 Å². The Morgan fingerprint density at radius 1 is 1.00 bits per heavy atom. The van der Waals surface area contributed by atoms with Crippen LogP contribution in [0.2, 0.25) is 0 Å². The fourth-order valence-corrected chi connectivity index (χ4v) is 3.36. The highest BCUT2D eigenvalue weighted by Gasteiger charge is 2.23. The SMILES string of the molecule is O=C(CCc1ccc(C(=O)O)cc1)NCCCC(=O)N1CCc2ccccc21. The zero-order valence-electron chi connectivity index (χ0n) is 15.7. The van der Waals surface area contributed by atoms with Crippen LogP contribution >= 0.6 is 0 Å². The van der Waals surface area contributed by atoms with Gasteiger partial charge in [-0.25, -0.2) is 4.79 Å². The van der Waals surface area contributed by atoms with Crippen LogP contribution in [0, 0.1) is 0 Å². The number of benzene rings is 2. The van der Waals surface area contributed by atoms with Crippen molar-refractivity contribution in [3.63, 3.8) is 0 Å². The van der Waals surface area contributed by atoms with Gasteiger partial charge in [0.1, 0.15) is 0 Å². The molecule has 0 fully saturated rings. The molecule has 2 N–H and O–H groups in total. The molecule has 28 heavy (non-hydrogen) atoms. The first-order chi connectivity index (χ1) is 13.5. The number of carbonyl (C=O) groups is 3. The van der Waals surface area contributed by atoms with Crippen molar-refractivity contribution in [2.45, 2.75) is 32.1 Å². The van der Waals surface area contributed by atoms with Gasteiger partial charge in [-0.1, -0.05) is 30.3 Å². The van der Waals surface area contributed by atoms with E-state index in [0.717, 1.165) is 24.2 Å². The predicted octanol–water partition coefficient (Wildman–Crippen LogP) is 2.80. The number of aryl methyl sites for hydroxylation is 1. The van der Waals surface area contributed by atoms with Crippen LogP contribution in [0.3, 0.4) is 0 Å². The third-order valence-corrected chi connectivity index (χ3v) is 4.92. The molecule has 0 saturated carbocycles. The van der Waals surface area contributed by atoms with Crippen molar-refractivity contribution in [3.05, 3.63) is 65.2 Å². The maximum absolute atomic E-state index is 12.4. The number of para-hydroxylation sites is 1. The second kappa shape index (κ2) is 9.17. The number of aromatic carboxylic acids is 1. The van der Waals surface area contributed by atoms with Gasteiger partial charge in [-0.15, -0.1) is 0 Å². The number of anilines is 1. The minimum Gasteiger partial charge on any atom is -0.478 e. The van der Waals surface area contributed by atoms with Crippen molar-refractivity contribution >= 4 is 23.5 Å². The van der Waals surface area contributed by atoms with E-state index in [1.54, 1.807) is 12.1 Å². The van der Waals surface area contributed by atoms with Crippen molar-refractivity contribution in [2.75, 3.05) is 18.0 Å². The lowest BCUT2D eigenvalue weighted by molar-refractivity contribution is -0.122. The van der Waals surface area contributed by atoms with Crippen molar-refractivity contribution in [3.8, 4) is 0 Å². The quantitative estimate of drug-likeness (QED) is 0.690. The van der Waals surface area contributed by atoms with Gasteiger partial charge in [-0.3, -0.25) is 9.59 Å². The minimum atomic E-state index is -0.962. The summed E-state index contributed by atoms with van der Waals surface area (Å²) in [6.07, 6.45) is 2.79. The standard InChI is InChI=1S/C22H24N2O4/c25-20(12-9-16-7-10-18(11-8-16)22(27)28)23-14-3-6-21(26)24-15-13-17-4-1-2-5-19(17)24/h1-2,4-5,7-8,10-11H,3,6,9,12-15H2,(H,23,25)(H,27,28). The van der Waals surface area contributed by atoms with Crippen LogP contribution in [0.25, 0.3) is 0 Å². The summed E-state index contributed by atoms with van der Waals surface area (Å²) in [5.74, 6) is -0.935. The first kappa shape index (κ1) is 19.6. The third kappa shape index (κ3) is 4.97. The molecule has 1 aliphatic heterocycles. The number of carboxylic acids is 1. The highest BCUT2D eigenvalue weighted by atomic mass is 16.4. The number of carbonyl (C=O) groups excluding carboxylic acids is 2. The van der Waals surface area contributed by atoms with Crippen LogP contribution in [0.1, 0.15) is 40.7 Å². The molecule has 0 aliphatic carbocycles. The maximum atomic E-state index is 12.4. The van der Waals surface area contributed by atoms with Crippen LogP contribution in [0.4, 0.5) is 5.69 Å². The molecule has 2 aromatic rings. The Morgan fingerprint density at radius 3 is 2.50 bits per heavy atom. The average molecular weight is 380 g/mol. The third-order valence-electron chi connectivity index (χ3n) is 4.92. The van der Waals surface area contributed by atoms with Gasteiger partial charge in [0.15, 0.2) is 0 Å². The highest BCUT2D eigenvalue weighted by molar-refractivity contribution is 5.95. The molecule has 1 aliphatic rings. The second-order valence-electron chi connectivity index (χ2n) is 6.88. The number of carboxylic acid groups (broad SMARTS) is 1. The topological polar surface area (TPSA) is 86.7 Å². The summed E-state index contributed by atoms with van der Waals surface area (Å²) in [4.78, 5) is 37.0. The summed E-state index contributed by atoms with van der Waals surface area (Å²) in [7, 11) is 0. The van der Waals surface area contributed by atoms with Crippen LogP contribution in [-0.4, -0.2) is 36.0 Å². The first-order valence-electron chi connectivity index (χ1n) is 9.52. The largest absolute Gasteiger partial charge is 0.478 e. The Balaban J connectivity index is 1.34. The summed E-state index contributed by atoms with van der Waals surface area (Å²) < 4.78 is 0.